The third-order valence-electron chi connectivity index (χ3n) is 4.78. The summed E-state index contributed by atoms with van der Waals surface area (Å²) in [6, 6.07) is 24.6. The van der Waals surface area contributed by atoms with E-state index in [0.717, 1.165) is 20.4 Å². The van der Waals surface area contributed by atoms with Crippen molar-refractivity contribution in [3.63, 3.8) is 0 Å². The molecule has 0 saturated heterocycles. The first kappa shape index (κ1) is 19.3. The lowest BCUT2D eigenvalue weighted by Gasteiger charge is -2.21. The van der Waals surface area contributed by atoms with Gasteiger partial charge in [0.25, 0.3) is 11.8 Å². The molecular formula is C23H18IN3O2. The van der Waals surface area contributed by atoms with Crippen molar-refractivity contribution in [2.24, 2.45) is 4.99 Å². The van der Waals surface area contributed by atoms with Crippen molar-refractivity contribution >= 4 is 45.8 Å². The Balaban J connectivity index is 1.79. The van der Waals surface area contributed by atoms with Crippen LogP contribution in [-0.2, 0) is 4.79 Å². The zero-order chi connectivity index (χ0) is 20.4. The van der Waals surface area contributed by atoms with Crippen LogP contribution < -0.4 is 10.2 Å². The second-order valence-corrected chi connectivity index (χ2v) is 7.78. The Morgan fingerprint density at radius 2 is 1.62 bits per heavy atom. The highest BCUT2D eigenvalue weighted by Gasteiger charge is 2.31. The average Bonchev–Trinajstić information content (AvgIpc) is 2.85. The zero-order valence-corrected chi connectivity index (χ0v) is 17.8. The number of carbonyl (C=O) groups excluding carboxylic acids is 2. The summed E-state index contributed by atoms with van der Waals surface area (Å²) >= 11 is 2.11. The van der Waals surface area contributed by atoms with E-state index in [1.54, 1.807) is 24.1 Å². The van der Waals surface area contributed by atoms with Crippen molar-refractivity contribution < 1.29 is 9.59 Å². The number of nitrogens with zero attached hydrogens (tertiary/aromatic N) is 2. The molecule has 0 saturated carbocycles. The molecule has 1 atom stereocenters. The maximum atomic E-state index is 13.1. The largest absolute Gasteiger partial charge is 0.322 e. The highest BCUT2D eigenvalue weighted by molar-refractivity contribution is 14.1. The number of fused-ring (bicyclic) bond motifs is 1. The van der Waals surface area contributed by atoms with Crippen LogP contribution in [0, 0.1) is 3.57 Å². The topological polar surface area (TPSA) is 61.8 Å². The number of hydrogen-bond acceptors (Lipinski definition) is 3. The van der Waals surface area contributed by atoms with Gasteiger partial charge in [0, 0.05) is 21.7 Å². The van der Waals surface area contributed by atoms with Gasteiger partial charge in [0.15, 0.2) is 0 Å². The number of amides is 2. The lowest BCUT2D eigenvalue weighted by atomic mass is 10.0. The smallest absolute Gasteiger partial charge is 0.272 e. The fourth-order valence-electron chi connectivity index (χ4n) is 3.29. The monoisotopic (exact) mass is 495 g/mol. The number of likely N-dealkylation sites (N-methyl/N-ethyl adjacent to an activating group) is 1. The minimum atomic E-state index is -1.02. The van der Waals surface area contributed by atoms with Crippen LogP contribution in [0.25, 0.3) is 0 Å². The summed E-state index contributed by atoms with van der Waals surface area (Å²) < 4.78 is 0.813. The maximum Gasteiger partial charge on any atom is 0.272 e. The number of aliphatic imine (C=N–C) groups is 1. The Kier molecular flexibility index (Phi) is 5.44. The van der Waals surface area contributed by atoms with Gasteiger partial charge in [0.05, 0.1) is 17.0 Å². The Labute approximate surface area is 182 Å². The number of benzodiazepines with no additional fused rings is 1. The lowest BCUT2D eigenvalue weighted by Crippen LogP contribution is -2.46. The van der Waals surface area contributed by atoms with E-state index in [1.807, 2.05) is 66.7 Å². The Bertz CT molecular complexity index is 1110. The first-order chi connectivity index (χ1) is 14.1. The quantitative estimate of drug-likeness (QED) is 0.562. The van der Waals surface area contributed by atoms with Crippen molar-refractivity contribution in [3.8, 4) is 0 Å². The number of halogens is 1. The van der Waals surface area contributed by atoms with Gasteiger partial charge >= 0.3 is 0 Å². The molecule has 0 aromatic heterocycles. The van der Waals surface area contributed by atoms with Crippen LogP contribution in [0.1, 0.15) is 21.5 Å². The van der Waals surface area contributed by atoms with E-state index in [2.05, 4.69) is 27.9 Å². The lowest BCUT2D eigenvalue weighted by molar-refractivity contribution is -0.119. The van der Waals surface area contributed by atoms with Crippen molar-refractivity contribution in [2.75, 3.05) is 11.9 Å². The van der Waals surface area contributed by atoms with Crippen LogP contribution in [0.15, 0.2) is 83.9 Å². The van der Waals surface area contributed by atoms with Gasteiger partial charge in [0.2, 0.25) is 6.17 Å². The SMILES string of the molecule is CN1C(=O)[C@@H](NC(=O)c2ccccc2I)N=C(c2ccccc2)c2ccccc21. The summed E-state index contributed by atoms with van der Waals surface area (Å²) in [5.41, 5.74) is 3.68. The van der Waals surface area contributed by atoms with Crippen LogP contribution in [0.4, 0.5) is 5.69 Å². The Morgan fingerprint density at radius 3 is 2.38 bits per heavy atom. The first-order valence-corrected chi connectivity index (χ1v) is 10.2. The third kappa shape index (κ3) is 3.80. The summed E-state index contributed by atoms with van der Waals surface area (Å²) in [6.45, 7) is 0. The highest BCUT2D eigenvalue weighted by atomic mass is 127. The number of hydrogen-bond donors (Lipinski definition) is 1. The third-order valence-corrected chi connectivity index (χ3v) is 5.72. The molecule has 1 heterocycles. The fourth-order valence-corrected chi connectivity index (χ4v) is 3.92. The van der Waals surface area contributed by atoms with Crippen LogP contribution in [0.3, 0.4) is 0 Å². The van der Waals surface area contributed by atoms with Gasteiger partial charge in [-0.15, -0.1) is 0 Å². The summed E-state index contributed by atoms with van der Waals surface area (Å²) in [6.07, 6.45) is -1.02. The molecule has 3 aromatic rings. The van der Waals surface area contributed by atoms with Crippen LogP contribution in [-0.4, -0.2) is 30.7 Å². The number of benzene rings is 3. The molecule has 0 spiro atoms. The maximum absolute atomic E-state index is 13.1. The second kappa shape index (κ2) is 8.16. The van der Waals surface area contributed by atoms with Crippen molar-refractivity contribution in [1.29, 1.82) is 0 Å². The molecule has 1 aliphatic heterocycles. The van der Waals surface area contributed by atoms with E-state index >= 15 is 0 Å². The van der Waals surface area contributed by atoms with Gasteiger partial charge in [-0.25, -0.2) is 4.99 Å². The van der Waals surface area contributed by atoms with E-state index in [9.17, 15) is 9.59 Å². The van der Waals surface area contributed by atoms with Gasteiger partial charge in [0.1, 0.15) is 0 Å². The molecule has 4 rings (SSSR count). The van der Waals surface area contributed by atoms with Crippen LogP contribution in [0.5, 0.6) is 0 Å². The molecule has 0 unspecified atom stereocenters. The summed E-state index contributed by atoms with van der Waals surface area (Å²) in [5.74, 6) is -0.619. The van der Waals surface area contributed by atoms with Gasteiger partial charge in [-0.2, -0.15) is 0 Å². The van der Waals surface area contributed by atoms with Gasteiger partial charge < -0.3 is 10.2 Å². The predicted molar refractivity (Wildman–Crippen MR) is 122 cm³/mol. The summed E-state index contributed by atoms with van der Waals surface area (Å²) in [4.78, 5) is 32.3. The Morgan fingerprint density at radius 1 is 0.966 bits per heavy atom. The van der Waals surface area contributed by atoms with Crippen molar-refractivity contribution in [2.45, 2.75) is 6.17 Å². The number of rotatable bonds is 3. The van der Waals surface area contributed by atoms with Crippen LogP contribution >= 0.6 is 22.6 Å². The minimum absolute atomic E-state index is 0.289. The molecule has 6 heteroatoms. The van der Waals surface area contributed by atoms with E-state index in [-0.39, 0.29) is 11.8 Å². The molecule has 1 N–H and O–H groups in total. The summed E-state index contributed by atoms with van der Waals surface area (Å²) in [7, 11) is 1.70. The minimum Gasteiger partial charge on any atom is -0.322 e. The van der Waals surface area contributed by atoms with Crippen molar-refractivity contribution in [3.05, 3.63) is 99.1 Å². The molecule has 1 aliphatic rings. The normalized spacial score (nSPS) is 15.9. The molecular weight excluding hydrogens is 477 g/mol. The van der Waals surface area contributed by atoms with Crippen molar-refractivity contribution in [1.82, 2.24) is 5.32 Å². The number of nitrogens with one attached hydrogen (secondary N) is 1. The molecule has 0 fully saturated rings. The molecule has 0 radical (unpaired) electrons. The number of anilines is 1. The molecule has 2 amide bonds. The fraction of sp³-hybridized carbons (Fsp3) is 0.0870. The summed E-state index contributed by atoms with van der Waals surface area (Å²) in [5, 5.41) is 2.81. The van der Waals surface area contributed by atoms with E-state index in [1.165, 1.54) is 0 Å². The van der Waals surface area contributed by atoms with Crippen LogP contribution in [0.2, 0.25) is 0 Å². The molecule has 5 nitrogen and oxygen atoms in total. The predicted octanol–water partition coefficient (Wildman–Crippen LogP) is 3.86. The zero-order valence-electron chi connectivity index (χ0n) is 15.7. The van der Waals surface area contributed by atoms with E-state index in [4.69, 9.17) is 4.99 Å². The number of carbonyl (C=O) groups is 2. The molecule has 3 aromatic carbocycles. The molecule has 29 heavy (non-hydrogen) atoms. The first-order valence-electron chi connectivity index (χ1n) is 9.12. The highest BCUT2D eigenvalue weighted by Crippen LogP contribution is 2.27. The van der Waals surface area contributed by atoms with Gasteiger partial charge in [-0.1, -0.05) is 60.7 Å². The van der Waals surface area contributed by atoms with Gasteiger partial charge in [-0.3, -0.25) is 9.59 Å². The molecule has 144 valence electrons. The van der Waals surface area contributed by atoms with E-state index in [0.29, 0.717) is 11.3 Å². The van der Waals surface area contributed by atoms with Gasteiger partial charge in [-0.05, 0) is 40.8 Å². The standard InChI is InChI=1S/C23H18IN3O2/c1-27-19-14-8-6-12-17(19)20(15-9-3-2-4-10-15)25-21(23(27)29)26-22(28)16-11-5-7-13-18(16)24/h2-14,21H,1H3,(H,26,28)/t21-/m1/s1. The molecule has 0 aliphatic carbocycles. The second-order valence-electron chi connectivity index (χ2n) is 6.61. The number of para-hydroxylation sites is 1. The Hall–Kier alpha value is -3.00. The van der Waals surface area contributed by atoms with E-state index < -0.39 is 6.17 Å². The average molecular weight is 495 g/mol. The molecule has 0 bridgehead atoms.